The molecule has 0 amide bonds. The van der Waals surface area contributed by atoms with Crippen LogP contribution in [0, 0.1) is 0 Å². The fraction of sp³-hybridized carbons (Fsp3) is 1.00. The second-order valence-electron chi connectivity index (χ2n) is 3.62. The summed E-state index contributed by atoms with van der Waals surface area (Å²) in [5.74, 6) is 2.41. The summed E-state index contributed by atoms with van der Waals surface area (Å²) in [6, 6.07) is 0. The Kier molecular flexibility index (Phi) is 8.73. The molecule has 0 saturated carbocycles. The Morgan fingerprint density at radius 2 is 2.00 bits per heavy atom. The van der Waals surface area contributed by atoms with Crippen LogP contribution in [-0.4, -0.2) is 35.3 Å². The van der Waals surface area contributed by atoms with Crippen LogP contribution in [0.25, 0.3) is 0 Å². The highest BCUT2D eigenvalue weighted by molar-refractivity contribution is 7.99. The van der Waals surface area contributed by atoms with Crippen LogP contribution >= 0.6 is 11.8 Å². The summed E-state index contributed by atoms with van der Waals surface area (Å²) in [6.45, 7) is 7.63. The van der Waals surface area contributed by atoms with Crippen LogP contribution < -0.4 is 5.32 Å². The Bertz CT molecular complexity index is 126. The van der Waals surface area contributed by atoms with Gasteiger partial charge in [0, 0.05) is 5.54 Å². The van der Waals surface area contributed by atoms with E-state index in [1.807, 2.05) is 11.8 Å². The van der Waals surface area contributed by atoms with Gasteiger partial charge in [-0.15, -0.1) is 0 Å². The average Bonchev–Trinajstić information content (AvgIpc) is 2.23. The summed E-state index contributed by atoms with van der Waals surface area (Å²) >= 11 is 1.98. The maximum Gasteiger partial charge on any atom is 0.0613 e. The van der Waals surface area contributed by atoms with Crippen LogP contribution in [0.5, 0.6) is 0 Å². The monoisotopic (exact) mass is 219 g/mol. The standard InChI is InChI=1S/C11H25NOS/c1-4-11(10-13,12-5-2)8-7-9-14-6-3/h12-13H,4-10H2,1-3H3. The molecule has 3 heteroatoms. The van der Waals surface area contributed by atoms with Crippen LogP contribution in [0.15, 0.2) is 0 Å². The predicted molar refractivity (Wildman–Crippen MR) is 66.0 cm³/mol. The van der Waals surface area contributed by atoms with Crippen molar-refractivity contribution in [2.75, 3.05) is 24.7 Å². The van der Waals surface area contributed by atoms with E-state index in [1.54, 1.807) is 0 Å². The minimum atomic E-state index is -0.0248. The normalized spacial score (nSPS) is 15.4. The molecule has 0 heterocycles. The van der Waals surface area contributed by atoms with Crippen LogP contribution in [-0.2, 0) is 0 Å². The van der Waals surface area contributed by atoms with Crippen LogP contribution in [0.3, 0.4) is 0 Å². The Hall–Kier alpha value is 0.270. The molecule has 0 aromatic rings. The Morgan fingerprint density at radius 1 is 1.29 bits per heavy atom. The summed E-state index contributed by atoms with van der Waals surface area (Å²) in [5.41, 5.74) is -0.0248. The largest absolute Gasteiger partial charge is 0.394 e. The van der Waals surface area contributed by atoms with E-state index < -0.39 is 0 Å². The third kappa shape index (κ3) is 5.23. The van der Waals surface area contributed by atoms with Gasteiger partial charge in [0.15, 0.2) is 0 Å². The number of nitrogens with one attached hydrogen (secondary N) is 1. The summed E-state index contributed by atoms with van der Waals surface area (Å²) in [4.78, 5) is 0. The van der Waals surface area contributed by atoms with E-state index in [4.69, 9.17) is 0 Å². The number of aliphatic hydroxyl groups is 1. The molecule has 0 bridgehead atoms. The SMILES string of the molecule is CCNC(CC)(CO)CCCSCC. The van der Waals surface area contributed by atoms with E-state index in [0.717, 1.165) is 19.4 Å². The van der Waals surface area contributed by atoms with Gasteiger partial charge in [-0.05, 0) is 37.3 Å². The van der Waals surface area contributed by atoms with Crippen molar-refractivity contribution in [3.8, 4) is 0 Å². The molecule has 86 valence electrons. The molecule has 0 fully saturated rings. The molecule has 0 aliphatic carbocycles. The number of hydrogen-bond donors (Lipinski definition) is 2. The van der Waals surface area contributed by atoms with Crippen molar-refractivity contribution in [3.63, 3.8) is 0 Å². The number of rotatable bonds is 9. The molecule has 2 nitrogen and oxygen atoms in total. The van der Waals surface area contributed by atoms with Gasteiger partial charge in [-0.25, -0.2) is 0 Å². The summed E-state index contributed by atoms with van der Waals surface area (Å²) in [6.07, 6.45) is 3.29. The van der Waals surface area contributed by atoms with E-state index in [9.17, 15) is 5.11 Å². The van der Waals surface area contributed by atoms with E-state index in [2.05, 4.69) is 26.1 Å². The third-order valence-electron chi connectivity index (χ3n) is 2.68. The number of hydrogen-bond acceptors (Lipinski definition) is 3. The molecule has 14 heavy (non-hydrogen) atoms. The first-order valence-electron chi connectivity index (χ1n) is 5.68. The molecule has 0 spiro atoms. The summed E-state index contributed by atoms with van der Waals surface area (Å²) < 4.78 is 0. The van der Waals surface area contributed by atoms with Crippen molar-refractivity contribution < 1.29 is 5.11 Å². The molecule has 2 N–H and O–H groups in total. The van der Waals surface area contributed by atoms with Gasteiger partial charge in [-0.2, -0.15) is 11.8 Å². The molecule has 0 aromatic heterocycles. The van der Waals surface area contributed by atoms with Crippen molar-refractivity contribution in [2.24, 2.45) is 0 Å². The highest BCUT2D eigenvalue weighted by atomic mass is 32.2. The van der Waals surface area contributed by atoms with Crippen LogP contribution in [0.1, 0.15) is 40.0 Å². The second-order valence-corrected chi connectivity index (χ2v) is 5.02. The number of likely N-dealkylation sites (N-methyl/N-ethyl adjacent to an activating group) is 1. The first kappa shape index (κ1) is 14.3. The Labute approximate surface area is 92.9 Å². The fourth-order valence-corrected chi connectivity index (χ4v) is 2.31. The maximum absolute atomic E-state index is 9.39. The molecule has 0 aliphatic heterocycles. The Morgan fingerprint density at radius 3 is 2.43 bits per heavy atom. The molecular weight excluding hydrogens is 194 g/mol. The molecule has 0 rings (SSSR count). The van der Waals surface area contributed by atoms with Gasteiger partial charge in [-0.1, -0.05) is 20.8 Å². The van der Waals surface area contributed by atoms with Gasteiger partial charge < -0.3 is 10.4 Å². The minimum Gasteiger partial charge on any atom is -0.394 e. The smallest absolute Gasteiger partial charge is 0.0613 e. The van der Waals surface area contributed by atoms with Gasteiger partial charge in [-0.3, -0.25) is 0 Å². The topological polar surface area (TPSA) is 32.3 Å². The summed E-state index contributed by atoms with van der Waals surface area (Å²) in [5, 5.41) is 12.8. The number of aliphatic hydroxyl groups excluding tert-OH is 1. The third-order valence-corrected chi connectivity index (χ3v) is 3.66. The molecule has 0 aliphatic rings. The zero-order chi connectivity index (χ0) is 10.9. The molecular formula is C11H25NOS. The quantitative estimate of drug-likeness (QED) is 0.584. The Balaban J connectivity index is 3.82. The zero-order valence-electron chi connectivity index (χ0n) is 9.81. The van der Waals surface area contributed by atoms with Crippen molar-refractivity contribution >= 4 is 11.8 Å². The highest BCUT2D eigenvalue weighted by Crippen LogP contribution is 2.18. The maximum atomic E-state index is 9.39. The summed E-state index contributed by atoms with van der Waals surface area (Å²) in [7, 11) is 0. The predicted octanol–water partition coefficient (Wildman–Crippen LogP) is 2.27. The molecule has 0 radical (unpaired) electrons. The lowest BCUT2D eigenvalue weighted by molar-refractivity contribution is 0.148. The molecule has 1 unspecified atom stereocenters. The highest BCUT2D eigenvalue weighted by Gasteiger charge is 2.24. The lowest BCUT2D eigenvalue weighted by Gasteiger charge is -2.31. The van der Waals surface area contributed by atoms with Crippen molar-refractivity contribution in [2.45, 2.75) is 45.6 Å². The van der Waals surface area contributed by atoms with E-state index in [1.165, 1.54) is 17.9 Å². The lowest BCUT2D eigenvalue weighted by Crippen LogP contribution is -2.48. The van der Waals surface area contributed by atoms with Crippen molar-refractivity contribution in [3.05, 3.63) is 0 Å². The van der Waals surface area contributed by atoms with Gasteiger partial charge in [0.25, 0.3) is 0 Å². The van der Waals surface area contributed by atoms with Gasteiger partial charge in [0.05, 0.1) is 6.61 Å². The van der Waals surface area contributed by atoms with Gasteiger partial charge >= 0.3 is 0 Å². The molecule has 0 aromatic carbocycles. The van der Waals surface area contributed by atoms with Gasteiger partial charge in [0.2, 0.25) is 0 Å². The molecule has 1 atom stereocenters. The molecule has 0 saturated heterocycles. The van der Waals surface area contributed by atoms with Gasteiger partial charge in [0.1, 0.15) is 0 Å². The van der Waals surface area contributed by atoms with E-state index in [-0.39, 0.29) is 12.1 Å². The van der Waals surface area contributed by atoms with E-state index in [0.29, 0.717) is 0 Å². The minimum absolute atomic E-state index is 0.0248. The first-order chi connectivity index (χ1) is 6.74. The number of thioether (sulfide) groups is 1. The average molecular weight is 219 g/mol. The van der Waals surface area contributed by atoms with Crippen LogP contribution in [0.2, 0.25) is 0 Å². The van der Waals surface area contributed by atoms with E-state index >= 15 is 0 Å². The zero-order valence-corrected chi connectivity index (χ0v) is 10.6. The van der Waals surface area contributed by atoms with Crippen LogP contribution in [0.4, 0.5) is 0 Å². The fourth-order valence-electron chi connectivity index (χ4n) is 1.67. The lowest BCUT2D eigenvalue weighted by atomic mass is 9.91. The first-order valence-corrected chi connectivity index (χ1v) is 6.83. The second kappa shape index (κ2) is 8.57. The van der Waals surface area contributed by atoms with Crippen molar-refractivity contribution in [1.82, 2.24) is 5.32 Å². The van der Waals surface area contributed by atoms with Crippen molar-refractivity contribution in [1.29, 1.82) is 0 Å².